The predicted octanol–water partition coefficient (Wildman–Crippen LogP) is 4.52. The Balaban J connectivity index is 2.94. The summed E-state index contributed by atoms with van der Waals surface area (Å²) in [5.41, 5.74) is 6.94. The number of ketones is 3. The van der Waals surface area contributed by atoms with Crippen molar-refractivity contribution < 1.29 is 24.0 Å². The zero-order chi connectivity index (χ0) is 31.7. The van der Waals surface area contributed by atoms with Crippen LogP contribution in [0.4, 0.5) is 0 Å². The fourth-order valence-corrected chi connectivity index (χ4v) is 5.44. The van der Waals surface area contributed by atoms with E-state index in [1.54, 1.807) is 11.8 Å². The summed E-state index contributed by atoms with van der Waals surface area (Å²) in [6.45, 7) is 9.55. The van der Waals surface area contributed by atoms with Gasteiger partial charge in [-0.05, 0) is 68.9 Å². The maximum atomic E-state index is 13.6. The highest BCUT2D eigenvalue weighted by molar-refractivity contribution is 7.98. The van der Waals surface area contributed by atoms with E-state index in [-0.39, 0.29) is 53.8 Å². The summed E-state index contributed by atoms with van der Waals surface area (Å²) in [5.74, 6) is -0.981. The molecule has 1 aromatic carbocycles. The fraction of sp³-hybridized carbons (Fsp3) is 0.667. The van der Waals surface area contributed by atoms with Crippen LogP contribution < -0.4 is 16.4 Å². The molecule has 9 heteroatoms. The van der Waals surface area contributed by atoms with Crippen LogP contribution in [-0.2, 0) is 30.4 Å². The maximum Gasteiger partial charge on any atom is 0.224 e. The van der Waals surface area contributed by atoms with E-state index < -0.39 is 23.9 Å². The van der Waals surface area contributed by atoms with E-state index in [4.69, 9.17) is 5.73 Å². The van der Waals surface area contributed by atoms with Crippen LogP contribution in [0, 0.1) is 23.7 Å². The van der Waals surface area contributed by atoms with E-state index in [0.717, 1.165) is 11.3 Å². The molecule has 0 aliphatic heterocycles. The van der Waals surface area contributed by atoms with Gasteiger partial charge in [0.1, 0.15) is 5.78 Å². The topological polar surface area (TPSA) is 135 Å². The lowest BCUT2D eigenvalue weighted by atomic mass is 9.88. The van der Waals surface area contributed by atoms with Gasteiger partial charge in [0.05, 0.1) is 12.1 Å². The summed E-state index contributed by atoms with van der Waals surface area (Å²) in [6.07, 6.45) is 5.46. The molecule has 4 atom stereocenters. The highest BCUT2D eigenvalue weighted by Gasteiger charge is 2.30. The Kier molecular flexibility index (Phi) is 18.2. The number of nitrogens with two attached hydrogens (primary N) is 1. The van der Waals surface area contributed by atoms with E-state index in [9.17, 15) is 24.0 Å². The summed E-state index contributed by atoms with van der Waals surface area (Å²) in [6, 6.07) is 8.35. The first kappa shape index (κ1) is 37.5. The van der Waals surface area contributed by atoms with E-state index in [2.05, 4.69) is 10.6 Å². The van der Waals surface area contributed by atoms with Gasteiger partial charge in [-0.25, -0.2) is 0 Å². The Morgan fingerprint density at radius 2 is 1.55 bits per heavy atom. The van der Waals surface area contributed by atoms with Gasteiger partial charge in [-0.3, -0.25) is 19.2 Å². The summed E-state index contributed by atoms with van der Waals surface area (Å²) in [5, 5.41) is 5.91. The molecule has 1 rings (SSSR count). The van der Waals surface area contributed by atoms with Gasteiger partial charge >= 0.3 is 0 Å². The van der Waals surface area contributed by atoms with Crippen molar-refractivity contribution in [2.24, 2.45) is 29.4 Å². The molecule has 0 saturated carbocycles. The fourth-order valence-electron chi connectivity index (χ4n) is 4.92. The standard InChI is InChI=1S/C33H53N3O5S/c1-22(2)18-29(36-33(41)26(15-17-42-6)19-24(5)37)30(38)21-27(20-25-12-8-7-9-13-25)32(40)35-16-11-10-14-28(34)31(39)23(3)4/h7-9,12-13,22-23,26-29H,10-11,14-21,34H2,1-6H3,(H,35,40)(H,36,41). The lowest BCUT2D eigenvalue weighted by molar-refractivity contribution is -0.134. The van der Waals surface area contributed by atoms with E-state index in [1.807, 2.05) is 64.3 Å². The minimum absolute atomic E-state index is 0.00561. The number of carbonyl (C=O) groups excluding carboxylic acids is 5. The van der Waals surface area contributed by atoms with Crippen molar-refractivity contribution >= 4 is 40.9 Å². The van der Waals surface area contributed by atoms with E-state index in [1.165, 1.54) is 6.92 Å². The molecule has 4 N–H and O–H groups in total. The predicted molar refractivity (Wildman–Crippen MR) is 171 cm³/mol. The minimum Gasteiger partial charge on any atom is -0.356 e. The van der Waals surface area contributed by atoms with Crippen LogP contribution >= 0.6 is 11.8 Å². The van der Waals surface area contributed by atoms with Crippen molar-refractivity contribution in [3.63, 3.8) is 0 Å². The normalized spacial score (nSPS) is 14.2. The number of hydrogen-bond donors (Lipinski definition) is 3. The van der Waals surface area contributed by atoms with Crippen LogP contribution in [-0.4, -0.2) is 59.8 Å². The molecule has 0 aliphatic carbocycles. The quantitative estimate of drug-likeness (QED) is 0.166. The minimum atomic E-state index is -0.729. The lowest BCUT2D eigenvalue weighted by Gasteiger charge is -2.25. The molecule has 0 saturated heterocycles. The van der Waals surface area contributed by atoms with Crippen LogP contribution in [0.3, 0.4) is 0 Å². The third-order valence-corrected chi connectivity index (χ3v) is 7.95. The van der Waals surface area contributed by atoms with Gasteiger partial charge in [-0.15, -0.1) is 0 Å². The summed E-state index contributed by atoms with van der Waals surface area (Å²) < 4.78 is 0. The molecule has 0 heterocycles. The molecule has 236 valence electrons. The van der Waals surface area contributed by atoms with E-state index in [0.29, 0.717) is 45.1 Å². The van der Waals surface area contributed by atoms with Crippen LogP contribution in [0.5, 0.6) is 0 Å². The second-order valence-corrected chi connectivity index (χ2v) is 13.1. The summed E-state index contributed by atoms with van der Waals surface area (Å²) in [7, 11) is 0. The third kappa shape index (κ3) is 15.1. The largest absolute Gasteiger partial charge is 0.356 e. The average molecular weight is 604 g/mol. The molecular formula is C33H53N3O5S. The second-order valence-electron chi connectivity index (χ2n) is 12.1. The Bertz CT molecular complexity index is 999. The monoisotopic (exact) mass is 603 g/mol. The number of thioether (sulfide) groups is 1. The highest BCUT2D eigenvalue weighted by Crippen LogP contribution is 2.19. The van der Waals surface area contributed by atoms with Gasteiger partial charge in [0.25, 0.3) is 0 Å². The van der Waals surface area contributed by atoms with Gasteiger partial charge in [-0.1, -0.05) is 58.0 Å². The smallest absolute Gasteiger partial charge is 0.224 e. The second kappa shape index (κ2) is 20.4. The molecule has 0 aliphatic rings. The SMILES string of the molecule is CSCCC(CC(C)=O)C(=O)NC(CC(C)C)C(=O)CC(Cc1ccccc1)C(=O)NCCCCC(N)C(=O)C(C)C. The van der Waals surface area contributed by atoms with Crippen LogP contribution in [0.25, 0.3) is 0 Å². The molecular weight excluding hydrogens is 550 g/mol. The molecule has 2 amide bonds. The highest BCUT2D eigenvalue weighted by atomic mass is 32.2. The molecule has 0 spiro atoms. The Morgan fingerprint density at radius 1 is 0.881 bits per heavy atom. The van der Waals surface area contributed by atoms with Gasteiger partial charge in [0.15, 0.2) is 11.6 Å². The van der Waals surface area contributed by atoms with Gasteiger partial charge < -0.3 is 21.2 Å². The average Bonchev–Trinajstić information content (AvgIpc) is 2.93. The number of carbonyl (C=O) groups is 5. The van der Waals surface area contributed by atoms with Crippen molar-refractivity contribution in [2.45, 2.75) is 98.1 Å². The first-order valence-electron chi connectivity index (χ1n) is 15.3. The van der Waals surface area contributed by atoms with Crippen molar-refractivity contribution in [3.8, 4) is 0 Å². The maximum absolute atomic E-state index is 13.6. The summed E-state index contributed by atoms with van der Waals surface area (Å²) >= 11 is 1.61. The third-order valence-electron chi connectivity index (χ3n) is 7.31. The van der Waals surface area contributed by atoms with E-state index >= 15 is 0 Å². The number of nitrogens with one attached hydrogen (secondary N) is 2. The Labute approximate surface area is 257 Å². The number of Topliss-reactive ketones (excluding diaryl/α,β-unsaturated/α-hetero) is 3. The van der Waals surface area contributed by atoms with Crippen molar-refractivity contribution in [2.75, 3.05) is 18.6 Å². The van der Waals surface area contributed by atoms with Crippen molar-refractivity contribution in [1.29, 1.82) is 0 Å². The Morgan fingerprint density at radius 3 is 2.12 bits per heavy atom. The van der Waals surface area contributed by atoms with Gasteiger partial charge in [-0.2, -0.15) is 11.8 Å². The number of amides is 2. The summed E-state index contributed by atoms with van der Waals surface area (Å²) in [4.78, 5) is 64.0. The van der Waals surface area contributed by atoms with Gasteiger partial charge in [0.2, 0.25) is 11.8 Å². The molecule has 4 unspecified atom stereocenters. The van der Waals surface area contributed by atoms with Gasteiger partial charge in [0, 0.05) is 37.1 Å². The molecule has 8 nitrogen and oxygen atoms in total. The molecule has 0 aromatic heterocycles. The lowest BCUT2D eigenvalue weighted by Crippen LogP contribution is -2.46. The molecule has 0 fully saturated rings. The molecule has 1 aromatic rings. The first-order valence-corrected chi connectivity index (χ1v) is 16.7. The van der Waals surface area contributed by atoms with Crippen LogP contribution in [0.15, 0.2) is 30.3 Å². The Hall–Kier alpha value is -2.52. The molecule has 0 radical (unpaired) electrons. The first-order chi connectivity index (χ1) is 19.8. The van der Waals surface area contributed by atoms with Crippen LogP contribution in [0.1, 0.15) is 85.1 Å². The zero-order valence-electron chi connectivity index (χ0n) is 26.4. The zero-order valence-corrected chi connectivity index (χ0v) is 27.3. The number of unbranched alkanes of at least 4 members (excludes halogenated alkanes) is 1. The molecule has 0 bridgehead atoms. The number of hydrogen-bond acceptors (Lipinski definition) is 7. The van der Waals surface area contributed by atoms with Crippen molar-refractivity contribution in [1.82, 2.24) is 10.6 Å². The number of benzene rings is 1. The van der Waals surface area contributed by atoms with Crippen molar-refractivity contribution in [3.05, 3.63) is 35.9 Å². The molecule has 42 heavy (non-hydrogen) atoms. The number of rotatable bonds is 22. The van der Waals surface area contributed by atoms with Crippen LogP contribution in [0.2, 0.25) is 0 Å².